The van der Waals surface area contributed by atoms with Crippen molar-refractivity contribution >= 4 is 29.7 Å². The lowest BCUT2D eigenvalue weighted by Gasteiger charge is -2.30. The number of hydrogen-bond acceptors (Lipinski definition) is 5. The first kappa shape index (κ1) is 29.4. The van der Waals surface area contributed by atoms with Gasteiger partial charge in [0.05, 0.1) is 0 Å². The number of rotatable bonds is 12. The molecule has 7 nitrogen and oxygen atoms in total. The number of ether oxygens (including phenoxy) is 1. The predicted octanol–water partition coefficient (Wildman–Crippen LogP) is 4.41. The van der Waals surface area contributed by atoms with Crippen molar-refractivity contribution < 1.29 is 19.1 Å². The van der Waals surface area contributed by atoms with Gasteiger partial charge in [-0.25, -0.2) is 4.79 Å². The molecule has 1 aromatic rings. The number of aryl methyl sites for hydroxylation is 1. The number of unbranched alkanes of at least 4 members (excludes halogenated alkanes) is 2. The maximum absolute atomic E-state index is 13.6. The lowest BCUT2D eigenvalue weighted by molar-refractivity contribution is -0.138. The topological polar surface area (TPSA) is 87.7 Å². The average Bonchev–Trinajstić information content (AvgIpc) is 2.75. The zero-order valence-corrected chi connectivity index (χ0v) is 22.1. The van der Waals surface area contributed by atoms with Crippen LogP contribution in [-0.2, 0) is 14.3 Å². The molecule has 0 bridgehead atoms. The Kier molecular flexibility index (Phi) is 12.6. The lowest BCUT2D eigenvalue weighted by Crippen LogP contribution is -2.51. The highest BCUT2D eigenvalue weighted by atomic mass is 32.2. The summed E-state index contributed by atoms with van der Waals surface area (Å²) in [5.41, 5.74) is 0.836. The molecule has 0 spiro atoms. The third kappa shape index (κ3) is 10.1. The lowest BCUT2D eigenvalue weighted by atomic mass is 10.0. The molecule has 8 heteroatoms. The molecule has 0 saturated carbocycles. The molecule has 2 N–H and O–H groups in total. The van der Waals surface area contributed by atoms with Gasteiger partial charge >= 0.3 is 6.09 Å². The van der Waals surface area contributed by atoms with Crippen LogP contribution in [0.3, 0.4) is 0 Å². The molecule has 3 amide bonds. The SMILES string of the molecule is C#CN(C(=O)C(CCSC)NC(=O)OC(C)(C)C)C(C(=O)NCCCCC)c1cccc(C)c1. The van der Waals surface area contributed by atoms with Crippen molar-refractivity contribution in [2.24, 2.45) is 0 Å². The molecule has 2 unspecified atom stereocenters. The molecule has 1 rings (SSSR count). The van der Waals surface area contributed by atoms with Gasteiger partial charge in [-0.2, -0.15) is 11.8 Å². The van der Waals surface area contributed by atoms with Gasteiger partial charge < -0.3 is 15.4 Å². The van der Waals surface area contributed by atoms with E-state index in [1.165, 1.54) is 0 Å². The first-order chi connectivity index (χ1) is 16.0. The van der Waals surface area contributed by atoms with Crippen LogP contribution in [0.15, 0.2) is 24.3 Å². The Morgan fingerprint density at radius 3 is 2.50 bits per heavy atom. The van der Waals surface area contributed by atoms with Crippen molar-refractivity contribution in [3.63, 3.8) is 0 Å². The van der Waals surface area contributed by atoms with Crippen LogP contribution in [0.1, 0.15) is 70.5 Å². The fraction of sp³-hybridized carbons (Fsp3) is 0.577. The van der Waals surface area contributed by atoms with Crippen molar-refractivity contribution in [1.29, 1.82) is 0 Å². The second-order valence-electron chi connectivity index (χ2n) is 9.13. The van der Waals surface area contributed by atoms with Crippen LogP contribution >= 0.6 is 11.8 Å². The van der Waals surface area contributed by atoms with E-state index in [0.717, 1.165) is 29.7 Å². The number of nitrogens with zero attached hydrogens (tertiary/aromatic N) is 1. The minimum Gasteiger partial charge on any atom is -0.444 e. The number of nitrogens with one attached hydrogen (secondary N) is 2. The van der Waals surface area contributed by atoms with Gasteiger partial charge in [-0.05, 0) is 58.1 Å². The van der Waals surface area contributed by atoms with Crippen LogP contribution in [0.4, 0.5) is 4.79 Å². The normalized spacial score (nSPS) is 12.7. The van der Waals surface area contributed by atoms with Gasteiger partial charge in [-0.3, -0.25) is 14.5 Å². The third-order valence-corrected chi connectivity index (χ3v) is 5.56. The summed E-state index contributed by atoms with van der Waals surface area (Å²) >= 11 is 1.54. The zero-order valence-electron chi connectivity index (χ0n) is 21.3. The van der Waals surface area contributed by atoms with Gasteiger partial charge in [-0.1, -0.05) is 56.0 Å². The third-order valence-electron chi connectivity index (χ3n) is 4.92. The highest BCUT2D eigenvalue weighted by Crippen LogP contribution is 2.24. The van der Waals surface area contributed by atoms with E-state index in [9.17, 15) is 14.4 Å². The van der Waals surface area contributed by atoms with E-state index in [4.69, 9.17) is 11.2 Å². The number of carbonyl (C=O) groups excluding carboxylic acids is 3. The molecule has 0 aliphatic carbocycles. The second-order valence-corrected chi connectivity index (χ2v) is 10.1. The number of amides is 3. The summed E-state index contributed by atoms with van der Waals surface area (Å²) in [6.07, 6.45) is 10.2. The van der Waals surface area contributed by atoms with Crippen molar-refractivity contribution in [3.05, 3.63) is 35.4 Å². The van der Waals surface area contributed by atoms with Crippen LogP contribution in [0.25, 0.3) is 0 Å². The second kappa shape index (κ2) is 14.6. The molecule has 188 valence electrons. The summed E-state index contributed by atoms with van der Waals surface area (Å²) in [4.78, 5) is 40.4. The number of terminal acetylenes is 1. The van der Waals surface area contributed by atoms with Gasteiger partial charge in [0.25, 0.3) is 5.91 Å². The highest BCUT2D eigenvalue weighted by molar-refractivity contribution is 7.98. The maximum atomic E-state index is 13.6. The summed E-state index contributed by atoms with van der Waals surface area (Å²) in [6.45, 7) is 9.73. The van der Waals surface area contributed by atoms with Crippen molar-refractivity contribution in [2.75, 3.05) is 18.6 Å². The molecular formula is C26H39N3O4S. The average molecular weight is 490 g/mol. The maximum Gasteiger partial charge on any atom is 0.408 e. The smallest absolute Gasteiger partial charge is 0.408 e. The largest absolute Gasteiger partial charge is 0.444 e. The van der Waals surface area contributed by atoms with Crippen molar-refractivity contribution in [2.45, 2.75) is 78.0 Å². The van der Waals surface area contributed by atoms with E-state index in [2.05, 4.69) is 23.6 Å². The molecule has 0 fully saturated rings. The Morgan fingerprint density at radius 2 is 1.94 bits per heavy atom. The minimum atomic E-state index is -1.02. The van der Waals surface area contributed by atoms with Crippen molar-refractivity contribution in [1.82, 2.24) is 15.5 Å². The minimum absolute atomic E-state index is 0.343. The number of alkyl carbamates (subject to hydrolysis) is 1. The van der Waals surface area contributed by atoms with Gasteiger partial charge in [0, 0.05) is 12.6 Å². The van der Waals surface area contributed by atoms with E-state index in [0.29, 0.717) is 24.3 Å². The van der Waals surface area contributed by atoms with Crippen LogP contribution in [-0.4, -0.2) is 53.0 Å². The molecule has 0 heterocycles. The van der Waals surface area contributed by atoms with Gasteiger partial charge in [0.1, 0.15) is 17.7 Å². The van der Waals surface area contributed by atoms with E-state index in [1.807, 2.05) is 31.4 Å². The standard InChI is InChI=1S/C26H39N3O4S/c1-8-10-11-16-27-23(30)22(20-14-12-13-19(3)18-20)29(9-2)24(31)21(15-17-34-7)28-25(32)33-26(4,5)6/h2,12-14,18,21-22H,8,10-11,15-17H2,1,3-7H3,(H,27,30)(H,28,32). The zero-order chi connectivity index (χ0) is 25.7. The molecule has 0 aromatic heterocycles. The Labute approximate surface area is 208 Å². The first-order valence-corrected chi connectivity index (χ1v) is 13.1. The predicted molar refractivity (Wildman–Crippen MR) is 138 cm³/mol. The summed E-state index contributed by atoms with van der Waals surface area (Å²) in [5.74, 6) is -0.269. The van der Waals surface area contributed by atoms with Gasteiger partial charge in [0.2, 0.25) is 5.91 Å². The first-order valence-electron chi connectivity index (χ1n) is 11.7. The molecular weight excluding hydrogens is 450 g/mol. The van der Waals surface area contributed by atoms with Crippen LogP contribution in [0.5, 0.6) is 0 Å². The molecule has 0 saturated heterocycles. The quantitative estimate of drug-likeness (QED) is 0.258. The van der Waals surface area contributed by atoms with E-state index < -0.39 is 29.7 Å². The highest BCUT2D eigenvalue weighted by Gasteiger charge is 2.35. The van der Waals surface area contributed by atoms with Crippen LogP contribution in [0, 0.1) is 19.4 Å². The molecule has 34 heavy (non-hydrogen) atoms. The Hall–Kier alpha value is -2.66. The number of benzene rings is 1. The molecule has 0 aliphatic heterocycles. The molecule has 2 atom stereocenters. The Balaban J connectivity index is 3.25. The number of carbonyl (C=O) groups is 3. The number of hydrogen-bond donors (Lipinski definition) is 2. The summed E-state index contributed by atoms with van der Waals surface area (Å²) in [7, 11) is 0. The van der Waals surface area contributed by atoms with E-state index in [-0.39, 0.29) is 5.91 Å². The molecule has 0 aliphatic rings. The Morgan fingerprint density at radius 1 is 1.24 bits per heavy atom. The summed E-state index contributed by atoms with van der Waals surface area (Å²) in [6, 6.07) is 7.81. The fourth-order valence-corrected chi connectivity index (χ4v) is 3.79. The van der Waals surface area contributed by atoms with Crippen LogP contribution in [0.2, 0.25) is 0 Å². The van der Waals surface area contributed by atoms with Gasteiger partial charge in [-0.15, -0.1) is 0 Å². The summed E-state index contributed by atoms with van der Waals surface area (Å²) < 4.78 is 5.34. The molecule has 1 aromatic carbocycles. The van der Waals surface area contributed by atoms with Crippen molar-refractivity contribution in [3.8, 4) is 12.5 Å². The number of thioether (sulfide) groups is 1. The fourth-order valence-electron chi connectivity index (χ4n) is 3.32. The van der Waals surface area contributed by atoms with E-state index in [1.54, 1.807) is 38.6 Å². The van der Waals surface area contributed by atoms with Crippen LogP contribution < -0.4 is 10.6 Å². The monoisotopic (exact) mass is 489 g/mol. The summed E-state index contributed by atoms with van der Waals surface area (Å²) in [5, 5.41) is 5.56. The molecule has 0 radical (unpaired) electrons. The Bertz CT molecular complexity index is 860. The van der Waals surface area contributed by atoms with Gasteiger partial charge in [0.15, 0.2) is 0 Å². The van der Waals surface area contributed by atoms with E-state index >= 15 is 0 Å².